The highest BCUT2D eigenvalue weighted by atomic mass is 16.6. The number of hydrogen-bond acceptors (Lipinski definition) is 5. The van der Waals surface area contributed by atoms with Crippen LogP contribution in [0.3, 0.4) is 0 Å². The van der Waals surface area contributed by atoms with Crippen molar-refractivity contribution in [1.82, 2.24) is 10.2 Å². The second-order valence-electron chi connectivity index (χ2n) is 6.64. The van der Waals surface area contributed by atoms with Crippen LogP contribution in [0.4, 0.5) is 17.1 Å². The minimum atomic E-state index is -0.554. The van der Waals surface area contributed by atoms with Gasteiger partial charge in [0.15, 0.2) is 0 Å². The lowest BCUT2D eigenvalue weighted by atomic mass is 10.1. The summed E-state index contributed by atoms with van der Waals surface area (Å²) >= 11 is 0. The molecule has 0 saturated heterocycles. The Balaban J connectivity index is 1.68. The van der Waals surface area contributed by atoms with Crippen LogP contribution in [0, 0.1) is 23.0 Å². The van der Waals surface area contributed by atoms with Gasteiger partial charge in [-0.05, 0) is 37.8 Å². The summed E-state index contributed by atoms with van der Waals surface area (Å²) in [6.45, 7) is 3.76. The molecule has 1 N–H and O–H groups in total. The summed E-state index contributed by atoms with van der Waals surface area (Å²) in [4.78, 5) is 27.6. The van der Waals surface area contributed by atoms with Gasteiger partial charge in [-0.3, -0.25) is 20.0 Å². The molecule has 0 atom stereocenters. The molecule has 0 radical (unpaired) electrons. The summed E-state index contributed by atoms with van der Waals surface area (Å²) in [5.41, 5.74) is 1.70. The monoisotopic (exact) mass is 341 g/mol. The first-order valence-electron chi connectivity index (χ1n) is 8.41. The molecule has 25 heavy (non-hydrogen) atoms. The number of nitrogens with zero attached hydrogens (tertiary/aromatic N) is 4. The number of aromatic nitrogens is 2. The molecule has 1 aromatic heterocycles. The topological polar surface area (TPSA) is 95.4 Å². The first-order chi connectivity index (χ1) is 12.1. The van der Waals surface area contributed by atoms with Crippen molar-refractivity contribution in [2.24, 2.45) is 5.92 Å². The lowest BCUT2D eigenvalue weighted by molar-refractivity contribution is -0.385. The second kappa shape index (κ2) is 5.87. The summed E-state index contributed by atoms with van der Waals surface area (Å²) in [7, 11) is 0. The van der Waals surface area contributed by atoms with Crippen LogP contribution in [0.15, 0.2) is 24.3 Å². The third-order valence-corrected chi connectivity index (χ3v) is 4.83. The van der Waals surface area contributed by atoms with Crippen molar-refractivity contribution in [2.45, 2.75) is 19.8 Å². The number of anilines is 2. The molecule has 2 aromatic rings. The van der Waals surface area contributed by atoms with Gasteiger partial charge in [0.25, 0.3) is 5.91 Å². The van der Waals surface area contributed by atoms with Gasteiger partial charge in [-0.25, -0.2) is 0 Å². The first-order valence-corrected chi connectivity index (χ1v) is 8.41. The number of amides is 1. The van der Waals surface area contributed by atoms with Crippen molar-refractivity contribution in [1.29, 1.82) is 0 Å². The van der Waals surface area contributed by atoms with Crippen molar-refractivity contribution >= 4 is 23.0 Å². The molecule has 8 heteroatoms. The molecule has 1 amide bonds. The predicted molar refractivity (Wildman–Crippen MR) is 93.0 cm³/mol. The molecule has 0 spiro atoms. The molecular formula is C17H19N5O3. The number of benzene rings is 1. The van der Waals surface area contributed by atoms with Gasteiger partial charge in [-0.15, -0.1) is 0 Å². The highest BCUT2D eigenvalue weighted by Crippen LogP contribution is 2.38. The van der Waals surface area contributed by atoms with Gasteiger partial charge in [0.1, 0.15) is 5.69 Å². The summed E-state index contributed by atoms with van der Waals surface area (Å²) in [6.07, 6.45) is 2.53. The average Bonchev–Trinajstić information content (AvgIpc) is 3.33. The van der Waals surface area contributed by atoms with E-state index in [9.17, 15) is 14.9 Å². The Bertz CT molecular complexity index is 843. The summed E-state index contributed by atoms with van der Waals surface area (Å²) < 4.78 is 0. The fourth-order valence-corrected chi connectivity index (χ4v) is 3.36. The molecule has 1 aliphatic heterocycles. The number of H-pyrrole nitrogens is 1. The smallest absolute Gasteiger partial charge is 0.322 e. The molecular weight excluding hydrogens is 322 g/mol. The van der Waals surface area contributed by atoms with Crippen molar-refractivity contribution < 1.29 is 9.72 Å². The standard InChI is InChI=1S/C17H19N5O3/c1-11-16(22(24)25)15(19-18-11)17(23)21-9-8-20(10-12-6-7-12)13-4-2-3-5-14(13)21/h2-5,12H,6-10H2,1H3,(H,18,19). The maximum Gasteiger partial charge on any atom is 0.322 e. The maximum atomic E-state index is 13.0. The maximum absolute atomic E-state index is 13.0. The minimum absolute atomic E-state index is 0.132. The molecule has 1 saturated carbocycles. The zero-order chi connectivity index (χ0) is 17.6. The number of carbonyl (C=O) groups is 1. The molecule has 8 nitrogen and oxygen atoms in total. The van der Waals surface area contributed by atoms with E-state index in [0.717, 1.165) is 30.4 Å². The summed E-state index contributed by atoms with van der Waals surface area (Å²) in [6, 6.07) is 7.72. The Morgan fingerprint density at radius 3 is 2.72 bits per heavy atom. The third kappa shape index (κ3) is 2.73. The quantitative estimate of drug-likeness (QED) is 0.681. The van der Waals surface area contributed by atoms with Gasteiger partial charge < -0.3 is 9.80 Å². The lowest BCUT2D eigenvalue weighted by Gasteiger charge is -2.37. The van der Waals surface area contributed by atoms with E-state index < -0.39 is 10.8 Å². The zero-order valence-corrected chi connectivity index (χ0v) is 13.9. The van der Waals surface area contributed by atoms with Crippen LogP contribution in [0.25, 0.3) is 0 Å². The number of fused-ring (bicyclic) bond motifs is 1. The molecule has 4 rings (SSSR count). The van der Waals surface area contributed by atoms with Gasteiger partial charge in [0.2, 0.25) is 5.69 Å². The van der Waals surface area contributed by atoms with Gasteiger partial charge in [0, 0.05) is 19.6 Å². The van der Waals surface area contributed by atoms with Crippen LogP contribution in [-0.4, -0.2) is 40.7 Å². The number of nitrogens with one attached hydrogen (secondary N) is 1. The number of hydrogen-bond donors (Lipinski definition) is 1. The Labute approximate surface area is 144 Å². The van der Waals surface area contributed by atoms with Crippen LogP contribution >= 0.6 is 0 Å². The minimum Gasteiger partial charge on any atom is -0.368 e. The van der Waals surface area contributed by atoms with E-state index in [2.05, 4.69) is 15.1 Å². The van der Waals surface area contributed by atoms with E-state index in [1.165, 1.54) is 12.8 Å². The third-order valence-electron chi connectivity index (χ3n) is 4.83. The van der Waals surface area contributed by atoms with Crippen LogP contribution in [0.1, 0.15) is 29.0 Å². The van der Waals surface area contributed by atoms with Gasteiger partial charge in [0.05, 0.1) is 16.3 Å². The molecule has 1 fully saturated rings. The van der Waals surface area contributed by atoms with Crippen molar-refractivity contribution in [3.05, 3.63) is 45.8 Å². The Morgan fingerprint density at radius 2 is 2.04 bits per heavy atom. The van der Waals surface area contributed by atoms with E-state index in [1.807, 2.05) is 24.3 Å². The summed E-state index contributed by atoms with van der Waals surface area (Å²) in [5, 5.41) is 17.7. The molecule has 1 aliphatic carbocycles. The number of nitro groups is 1. The van der Waals surface area contributed by atoms with Crippen LogP contribution in [-0.2, 0) is 0 Å². The largest absolute Gasteiger partial charge is 0.368 e. The molecule has 2 heterocycles. The fraction of sp³-hybridized carbons (Fsp3) is 0.412. The van der Waals surface area contributed by atoms with Gasteiger partial charge in [-0.2, -0.15) is 5.10 Å². The average molecular weight is 341 g/mol. The fourth-order valence-electron chi connectivity index (χ4n) is 3.36. The normalized spacial score (nSPS) is 16.7. The van der Waals surface area contributed by atoms with E-state index in [4.69, 9.17) is 0 Å². The second-order valence-corrected chi connectivity index (χ2v) is 6.64. The van der Waals surface area contributed by atoms with Gasteiger partial charge in [-0.1, -0.05) is 12.1 Å². The van der Waals surface area contributed by atoms with Crippen molar-refractivity contribution in [3.63, 3.8) is 0 Å². The van der Waals surface area contributed by atoms with Crippen LogP contribution in [0.5, 0.6) is 0 Å². The van der Waals surface area contributed by atoms with E-state index in [0.29, 0.717) is 6.54 Å². The SMILES string of the molecule is Cc1[nH]nc(C(=O)N2CCN(CC3CC3)c3ccccc32)c1[N+](=O)[O-]. The van der Waals surface area contributed by atoms with E-state index in [1.54, 1.807) is 11.8 Å². The van der Waals surface area contributed by atoms with Crippen molar-refractivity contribution in [2.75, 3.05) is 29.4 Å². The highest BCUT2D eigenvalue weighted by molar-refractivity contribution is 6.09. The molecule has 2 aliphatic rings. The molecule has 0 unspecified atom stereocenters. The number of rotatable bonds is 4. The van der Waals surface area contributed by atoms with Crippen molar-refractivity contribution in [3.8, 4) is 0 Å². The Hall–Kier alpha value is -2.90. The highest BCUT2D eigenvalue weighted by Gasteiger charge is 2.35. The van der Waals surface area contributed by atoms with E-state index >= 15 is 0 Å². The predicted octanol–water partition coefficient (Wildman–Crippen LogP) is 2.50. The number of aromatic amines is 1. The summed E-state index contributed by atoms with van der Waals surface area (Å²) in [5.74, 6) is 0.306. The number of para-hydroxylation sites is 2. The first kappa shape index (κ1) is 15.6. The molecule has 0 bridgehead atoms. The zero-order valence-electron chi connectivity index (χ0n) is 13.9. The van der Waals surface area contributed by atoms with Crippen LogP contribution < -0.4 is 9.80 Å². The van der Waals surface area contributed by atoms with E-state index in [-0.39, 0.29) is 17.1 Å². The Morgan fingerprint density at radius 1 is 1.32 bits per heavy atom. The van der Waals surface area contributed by atoms with Gasteiger partial charge >= 0.3 is 5.69 Å². The Kier molecular flexibility index (Phi) is 3.67. The lowest BCUT2D eigenvalue weighted by Crippen LogP contribution is -2.45. The molecule has 1 aromatic carbocycles. The number of carbonyl (C=O) groups excluding carboxylic acids is 1. The molecule has 130 valence electrons. The van der Waals surface area contributed by atoms with Crippen LogP contribution in [0.2, 0.25) is 0 Å². The number of aryl methyl sites for hydroxylation is 1.